The molecule has 0 aliphatic rings. The Bertz CT molecular complexity index is 379. The van der Waals surface area contributed by atoms with E-state index in [0.717, 1.165) is 16.7 Å². The minimum absolute atomic E-state index is 0.212. The molecule has 2 N–H and O–H groups in total. The van der Waals surface area contributed by atoms with Crippen molar-refractivity contribution in [3.63, 3.8) is 0 Å². The van der Waals surface area contributed by atoms with Gasteiger partial charge in [-0.3, -0.25) is 4.79 Å². The van der Waals surface area contributed by atoms with Gasteiger partial charge in [-0.05, 0) is 30.5 Å². The Hall–Kier alpha value is -1.55. The zero-order valence-corrected chi connectivity index (χ0v) is 10.5. The smallest absolute Gasteiger partial charge is 0.306 e. The van der Waals surface area contributed by atoms with E-state index in [0.29, 0.717) is 25.3 Å². The molecule has 0 fully saturated rings. The molecule has 4 heteroatoms. The van der Waals surface area contributed by atoms with E-state index in [9.17, 15) is 9.90 Å². The summed E-state index contributed by atoms with van der Waals surface area (Å²) in [6.07, 6.45) is 0.368. The van der Waals surface area contributed by atoms with Gasteiger partial charge in [-0.15, -0.1) is 0 Å². The molecule has 4 nitrogen and oxygen atoms in total. The van der Waals surface area contributed by atoms with Crippen LogP contribution in [0.15, 0.2) is 12.1 Å². The lowest BCUT2D eigenvalue weighted by Crippen LogP contribution is -2.18. The highest BCUT2D eigenvalue weighted by Gasteiger charge is 2.03. The topological polar surface area (TPSA) is 58.6 Å². The summed E-state index contributed by atoms with van der Waals surface area (Å²) in [6, 6.07) is 3.88. The van der Waals surface area contributed by atoms with Gasteiger partial charge in [-0.25, -0.2) is 0 Å². The van der Waals surface area contributed by atoms with Crippen molar-refractivity contribution >= 4 is 5.97 Å². The predicted molar refractivity (Wildman–Crippen MR) is 65.9 cm³/mol. The normalized spacial score (nSPS) is 10.3. The second kappa shape index (κ2) is 6.25. The van der Waals surface area contributed by atoms with E-state index in [2.05, 4.69) is 10.1 Å². The summed E-state index contributed by atoms with van der Waals surface area (Å²) in [5, 5.41) is 12.8. The van der Waals surface area contributed by atoms with Crippen LogP contribution in [0.4, 0.5) is 0 Å². The van der Waals surface area contributed by atoms with Crippen molar-refractivity contribution in [2.75, 3.05) is 13.7 Å². The van der Waals surface area contributed by atoms with E-state index in [1.807, 2.05) is 26.0 Å². The number of carbonyl (C=O) groups excluding carboxylic acids is 1. The van der Waals surface area contributed by atoms with Crippen LogP contribution in [-0.2, 0) is 16.1 Å². The standard InChI is InChI=1S/C13H19NO3/c1-9-6-11(7-10(2)13(9)16)8-14-5-4-12(15)17-3/h6-7,14,16H,4-5,8H2,1-3H3. The summed E-state index contributed by atoms with van der Waals surface area (Å²) in [6.45, 7) is 5.02. The molecule has 94 valence electrons. The van der Waals surface area contributed by atoms with Gasteiger partial charge in [0, 0.05) is 13.1 Å². The average molecular weight is 237 g/mol. The highest BCUT2D eigenvalue weighted by atomic mass is 16.5. The van der Waals surface area contributed by atoms with E-state index in [1.54, 1.807) is 0 Å². The molecule has 0 amide bonds. The Morgan fingerprint density at radius 1 is 1.35 bits per heavy atom. The molecule has 17 heavy (non-hydrogen) atoms. The van der Waals surface area contributed by atoms with Gasteiger partial charge in [-0.2, -0.15) is 0 Å². The summed E-state index contributed by atoms with van der Waals surface area (Å²) in [5.41, 5.74) is 2.84. The number of aryl methyl sites for hydroxylation is 2. The highest BCUT2D eigenvalue weighted by Crippen LogP contribution is 2.22. The quantitative estimate of drug-likeness (QED) is 0.604. The van der Waals surface area contributed by atoms with Gasteiger partial charge < -0.3 is 15.2 Å². The lowest BCUT2D eigenvalue weighted by Gasteiger charge is -2.08. The SMILES string of the molecule is COC(=O)CCNCc1cc(C)c(O)c(C)c1. The van der Waals surface area contributed by atoms with Crippen LogP contribution in [0.1, 0.15) is 23.1 Å². The molecular formula is C13H19NO3. The number of methoxy groups -OCH3 is 1. The summed E-state index contributed by atoms with van der Waals surface area (Å²) < 4.78 is 4.54. The Labute approximate surface area is 102 Å². The Morgan fingerprint density at radius 3 is 2.47 bits per heavy atom. The maximum absolute atomic E-state index is 10.9. The molecule has 0 heterocycles. The van der Waals surface area contributed by atoms with Crippen molar-refractivity contribution < 1.29 is 14.6 Å². The molecule has 0 aliphatic carbocycles. The largest absolute Gasteiger partial charge is 0.507 e. The number of rotatable bonds is 5. The molecular weight excluding hydrogens is 218 g/mol. The van der Waals surface area contributed by atoms with Gasteiger partial charge in [0.05, 0.1) is 13.5 Å². The summed E-state index contributed by atoms with van der Waals surface area (Å²) in [5.74, 6) is 0.138. The Morgan fingerprint density at radius 2 is 1.94 bits per heavy atom. The van der Waals surface area contributed by atoms with Crippen molar-refractivity contribution in [2.24, 2.45) is 0 Å². The van der Waals surface area contributed by atoms with Crippen LogP contribution in [0.2, 0.25) is 0 Å². The number of ether oxygens (including phenoxy) is 1. The third kappa shape index (κ3) is 4.07. The maximum atomic E-state index is 10.9. The molecule has 0 spiro atoms. The molecule has 0 radical (unpaired) electrons. The number of benzene rings is 1. The number of carbonyl (C=O) groups is 1. The third-order valence-electron chi connectivity index (χ3n) is 2.61. The number of esters is 1. The number of hydrogen-bond acceptors (Lipinski definition) is 4. The molecule has 1 aromatic rings. The molecule has 0 aromatic heterocycles. The zero-order valence-electron chi connectivity index (χ0n) is 10.5. The fraction of sp³-hybridized carbons (Fsp3) is 0.462. The fourth-order valence-corrected chi connectivity index (χ4v) is 1.67. The van der Waals surface area contributed by atoms with Gasteiger partial charge in [-0.1, -0.05) is 12.1 Å². The lowest BCUT2D eigenvalue weighted by atomic mass is 10.1. The molecule has 1 rings (SSSR count). The lowest BCUT2D eigenvalue weighted by molar-refractivity contribution is -0.140. The van der Waals surface area contributed by atoms with Gasteiger partial charge in [0.25, 0.3) is 0 Å². The second-order valence-electron chi connectivity index (χ2n) is 4.08. The highest BCUT2D eigenvalue weighted by molar-refractivity contribution is 5.69. The molecule has 0 saturated heterocycles. The van der Waals surface area contributed by atoms with Crippen LogP contribution >= 0.6 is 0 Å². The molecule has 0 aliphatic heterocycles. The van der Waals surface area contributed by atoms with Gasteiger partial charge in [0.1, 0.15) is 5.75 Å². The minimum Gasteiger partial charge on any atom is -0.507 e. The number of phenols is 1. The van der Waals surface area contributed by atoms with E-state index >= 15 is 0 Å². The van der Waals surface area contributed by atoms with Crippen molar-refractivity contribution in [3.8, 4) is 5.75 Å². The Kier molecular flexibility index (Phi) is 4.97. The minimum atomic E-state index is -0.212. The number of phenolic OH excluding ortho intramolecular Hbond substituents is 1. The first-order valence-corrected chi connectivity index (χ1v) is 5.61. The van der Waals surface area contributed by atoms with Crippen LogP contribution in [0.25, 0.3) is 0 Å². The van der Waals surface area contributed by atoms with Crippen LogP contribution in [0, 0.1) is 13.8 Å². The summed E-state index contributed by atoms with van der Waals surface area (Å²) in [4.78, 5) is 10.9. The van der Waals surface area contributed by atoms with E-state index in [-0.39, 0.29) is 5.97 Å². The van der Waals surface area contributed by atoms with Crippen molar-refractivity contribution in [1.29, 1.82) is 0 Å². The molecule has 0 atom stereocenters. The number of hydrogen-bond donors (Lipinski definition) is 2. The van der Waals surface area contributed by atoms with Crippen molar-refractivity contribution in [3.05, 3.63) is 28.8 Å². The van der Waals surface area contributed by atoms with Crippen LogP contribution < -0.4 is 5.32 Å². The summed E-state index contributed by atoms with van der Waals surface area (Å²) in [7, 11) is 1.38. The third-order valence-corrected chi connectivity index (χ3v) is 2.61. The van der Waals surface area contributed by atoms with Crippen molar-refractivity contribution in [1.82, 2.24) is 5.32 Å². The van der Waals surface area contributed by atoms with Crippen LogP contribution in [-0.4, -0.2) is 24.7 Å². The molecule has 0 bridgehead atoms. The number of nitrogens with one attached hydrogen (secondary N) is 1. The van der Waals surface area contributed by atoms with Gasteiger partial charge in [0.2, 0.25) is 0 Å². The summed E-state index contributed by atoms with van der Waals surface area (Å²) >= 11 is 0. The predicted octanol–water partition coefficient (Wildman–Crippen LogP) is 1.66. The molecule has 0 unspecified atom stereocenters. The number of aromatic hydroxyl groups is 1. The van der Waals surface area contributed by atoms with E-state index in [4.69, 9.17) is 0 Å². The Balaban J connectivity index is 2.45. The first-order chi connectivity index (χ1) is 8.04. The van der Waals surface area contributed by atoms with Gasteiger partial charge >= 0.3 is 5.97 Å². The molecule has 0 saturated carbocycles. The first-order valence-electron chi connectivity index (χ1n) is 5.61. The van der Waals surface area contributed by atoms with E-state index in [1.165, 1.54) is 7.11 Å². The van der Waals surface area contributed by atoms with Gasteiger partial charge in [0.15, 0.2) is 0 Å². The zero-order chi connectivity index (χ0) is 12.8. The molecule has 1 aromatic carbocycles. The van der Waals surface area contributed by atoms with E-state index < -0.39 is 0 Å². The average Bonchev–Trinajstić information content (AvgIpc) is 2.31. The fourth-order valence-electron chi connectivity index (χ4n) is 1.67. The monoisotopic (exact) mass is 237 g/mol. The van der Waals surface area contributed by atoms with Crippen LogP contribution in [0.5, 0.6) is 5.75 Å². The first kappa shape index (κ1) is 13.5. The second-order valence-corrected chi connectivity index (χ2v) is 4.08. The van der Waals surface area contributed by atoms with Crippen molar-refractivity contribution in [2.45, 2.75) is 26.8 Å². The van der Waals surface area contributed by atoms with Crippen LogP contribution in [0.3, 0.4) is 0 Å². The maximum Gasteiger partial charge on any atom is 0.306 e.